The summed E-state index contributed by atoms with van der Waals surface area (Å²) in [5.41, 5.74) is 10.7. The minimum Gasteiger partial charge on any atom is -0.497 e. The lowest BCUT2D eigenvalue weighted by atomic mass is 9.94. The second kappa shape index (κ2) is 7.59. The van der Waals surface area contributed by atoms with E-state index in [1.54, 1.807) is 7.11 Å². The van der Waals surface area contributed by atoms with Crippen LogP contribution in [-0.2, 0) is 6.54 Å². The summed E-state index contributed by atoms with van der Waals surface area (Å²) in [6, 6.07) is 17.2. The van der Waals surface area contributed by atoms with Crippen molar-refractivity contribution >= 4 is 0 Å². The largest absolute Gasteiger partial charge is 0.497 e. The van der Waals surface area contributed by atoms with Gasteiger partial charge in [-0.3, -0.25) is 5.43 Å². The van der Waals surface area contributed by atoms with E-state index in [4.69, 9.17) is 4.74 Å². The van der Waals surface area contributed by atoms with E-state index in [1.165, 1.54) is 16.7 Å². The van der Waals surface area contributed by atoms with E-state index in [0.717, 1.165) is 25.4 Å². The standard InChI is InChI=1S/C19H25N3O/c1-14-5-3-4-6-16(14)11-20-12-17-13-21-22-19(17)15-7-9-18(23-2)10-8-15/h3-10,17,19-22H,11-13H2,1-2H3. The molecule has 3 rings (SSSR count). The number of aryl methyl sites for hydroxylation is 1. The summed E-state index contributed by atoms with van der Waals surface area (Å²) in [4.78, 5) is 0. The Kier molecular flexibility index (Phi) is 5.28. The summed E-state index contributed by atoms with van der Waals surface area (Å²) in [5.74, 6) is 1.42. The number of hydrogen-bond acceptors (Lipinski definition) is 4. The van der Waals surface area contributed by atoms with Gasteiger partial charge in [-0.05, 0) is 35.7 Å². The van der Waals surface area contributed by atoms with Gasteiger partial charge >= 0.3 is 0 Å². The summed E-state index contributed by atoms with van der Waals surface area (Å²) in [6.45, 7) is 5.02. The molecule has 2 unspecified atom stereocenters. The van der Waals surface area contributed by atoms with Crippen molar-refractivity contribution < 1.29 is 4.74 Å². The first-order valence-electron chi connectivity index (χ1n) is 8.15. The molecule has 4 nitrogen and oxygen atoms in total. The smallest absolute Gasteiger partial charge is 0.118 e. The van der Waals surface area contributed by atoms with E-state index in [0.29, 0.717) is 12.0 Å². The number of hydrogen-bond donors (Lipinski definition) is 3. The lowest BCUT2D eigenvalue weighted by Gasteiger charge is -2.20. The van der Waals surface area contributed by atoms with Crippen molar-refractivity contribution in [3.8, 4) is 5.75 Å². The van der Waals surface area contributed by atoms with Crippen LogP contribution >= 0.6 is 0 Å². The van der Waals surface area contributed by atoms with Gasteiger partial charge in [0.25, 0.3) is 0 Å². The van der Waals surface area contributed by atoms with Crippen LogP contribution in [0.15, 0.2) is 48.5 Å². The summed E-state index contributed by atoms with van der Waals surface area (Å²) in [5, 5.41) is 3.60. The molecule has 0 radical (unpaired) electrons. The number of methoxy groups -OCH3 is 1. The predicted octanol–water partition coefficient (Wildman–Crippen LogP) is 2.56. The fraction of sp³-hybridized carbons (Fsp3) is 0.368. The second-order valence-electron chi connectivity index (χ2n) is 6.09. The molecular weight excluding hydrogens is 286 g/mol. The maximum Gasteiger partial charge on any atom is 0.118 e. The van der Waals surface area contributed by atoms with Crippen LogP contribution in [0.2, 0.25) is 0 Å². The monoisotopic (exact) mass is 311 g/mol. The maximum atomic E-state index is 5.24. The van der Waals surface area contributed by atoms with Gasteiger partial charge < -0.3 is 10.1 Å². The average Bonchev–Trinajstić information content (AvgIpc) is 3.05. The molecule has 1 fully saturated rings. The molecule has 0 amide bonds. The van der Waals surface area contributed by atoms with Gasteiger partial charge in [0.2, 0.25) is 0 Å². The van der Waals surface area contributed by atoms with E-state index >= 15 is 0 Å². The van der Waals surface area contributed by atoms with Gasteiger partial charge in [0.1, 0.15) is 5.75 Å². The van der Waals surface area contributed by atoms with E-state index in [1.807, 2.05) is 12.1 Å². The Morgan fingerprint density at radius 3 is 2.65 bits per heavy atom. The Labute approximate surface area is 138 Å². The number of benzene rings is 2. The van der Waals surface area contributed by atoms with Crippen molar-refractivity contribution in [2.45, 2.75) is 19.5 Å². The highest BCUT2D eigenvalue weighted by molar-refractivity contribution is 5.30. The molecule has 0 saturated carbocycles. The second-order valence-corrected chi connectivity index (χ2v) is 6.09. The third-order valence-corrected chi connectivity index (χ3v) is 4.55. The van der Waals surface area contributed by atoms with Crippen LogP contribution in [0.1, 0.15) is 22.7 Å². The van der Waals surface area contributed by atoms with Gasteiger partial charge in [0.15, 0.2) is 0 Å². The van der Waals surface area contributed by atoms with Crippen LogP contribution in [0.5, 0.6) is 5.75 Å². The van der Waals surface area contributed by atoms with Crippen LogP contribution < -0.4 is 20.9 Å². The molecule has 122 valence electrons. The van der Waals surface area contributed by atoms with E-state index in [2.05, 4.69) is 59.5 Å². The Balaban J connectivity index is 1.57. The molecule has 2 aromatic rings. The minimum absolute atomic E-state index is 0.324. The average molecular weight is 311 g/mol. The molecule has 2 aromatic carbocycles. The summed E-state index contributed by atoms with van der Waals surface area (Å²) in [7, 11) is 1.70. The lowest BCUT2D eigenvalue weighted by molar-refractivity contribution is 0.413. The van der Waals surface area contributed by atoms with Crippen LogP contribution in [0.4, 0.5) is 0 Å². The first-order valence-corrected chi connectivity index (χ1v) is 8.15. The fourth-order valence-electron chi connectivity index (χ4n) is 3.09. The van der Waals surface area contributed by atoms with E-state index < -0.39 is 0 Å². The first kappa shape index (κ1) is 16.0. The SMILES string of the molecule is COc1ccc(C2NNCC2CNCc2ccccc2C)cc1. The molecule has 1 aliphatic rings. The zero-order valence-electron chi connectivity index (χ0n) is 13.8. The molecule has 23 heavy (non-hydrogen) atoms. The zero-order valence-corrected chi connectivity index (χ0v) is 13.8. The molecular formula is C19H25N3O. The molecule has 0 spiro atoms. The number of ether oxygens (including phenoxy) is 1. The minimum atomic E-state index is 0.324. The zero-order chi connectivity index (χ0) is 16.1. The molecule has 0 bridgehead atoms. The van der Waals surface area contributed by atoms with Crippen molar-refractivity contribution in [1.29, 1.82) is 0 Å². The highest BCUT2D eigenvalue weighted by Crippen LogP contribution is 2.26. The van der Waals surface area contributed by atoms with Gasteiger partial charge in [0.05, 0.1) is 13.2 Å². The maximum absolute atomic E-state index is 5.24. The Morgan fingerprint density at radius 2 is 1.91 bits per heavy atom. The number of nitrogens with one attached hydrogen (secondary N) is 3. The molecule has 4 heteroatoms. The third kappa shape index (κ3) is 3.91. The highest BCUT2D eigenvalue weighted by atomic mass is 16.5. The van der Waals surface area contributed by atoms with Crippen molar-refractivity contribution in [3.05, 3.63) is 65.2 Å². The molecule has 1 aliphatic heterocycles. The third-order valence-electron chi connectivity index (χ3n) is 4.55. The molecule has 2 atom stereocenters. The Bertz CT molecular complexity index is 627. The summed E-state index contributed by atoms with van der Waals surface area (Å²) >= 11 is 0. The first-order chi connectivity index (χ1) is 11.3. The summed E-state index contributed by atoms with van der Waals surface area (Å²) in [6.07, 6.45) is 0. The normalized spacial score (nSPS) is 20.6. The van der Waals surface area contributed by atoms with Gasteiger partial charge in [-0.1, -0.05) is 36.4 Å². The van der Waals surface area contributed by atoms with Gasteiger partial charge in [-0.15, -0.1) is 0 Å². The topological polar surface area (TPSA) is 45.3 Å². The van der Waals surface area contributed by atoms with Gasteiger partial charge in [0, 0.05) is 25.6 Å². The fourth-order valence-corrected chi connectivity index (χ4v) is 3.09. The summed E-state index contributed by atoms with van der Waals surface area (Å²) < 4.78 is 5.24. The van der Waals surface area contributed by atoms with Crippen molar-refractivity contribution in [1.82, 2.24) is 16.2 Å². The highest BCUT2D eigenvalue weighted by Gasteiger charge is 2.27. The molecule has 0 aromatic heterocycles. The Hall–Kier alpha value is -1.88. The molecule has 3 N–H and O–H groups in total. The molecule has 1 heterocycles. The van der Waals surface area contributed by atoms with E-state index in [9.17, 15) is 0 Å². The van der Waals surface area contributed by atoms with Crippen LogP contribution in [0, 0.1) is 12.8 Å². The van der Waals surface area contributed by atoms with Crippen LogP contribution in [0.25, 0.3) is 0 Å². The quantitative estimate of drug-likeness (QED) is 0.767. The van der Waals surface area contributed by atoms with Crippen molar-refractivity contribution in [2.24, 2.45) is 5.92 Å². The Morgan fingerprint density at radius 1 is 1.13 bits per heavy atom. The van der Waals surface area contributed by atoms with Crippen molar-refractivity contribution in [3.63, 3.8) is 0 Å². The predicted molar refractivity (Wildman–Crippen MR) is 93.2 cm³/mol. The van der Waals surface area contributed by atoms with Gasteiger partial charge in [-0.2, -0.15) is 0 Å². The number of rotatable bonds is 6. The van der Waals surface area contributed by atoms with Crippen molar-refractivity contribution in [2.75, 3.05) is 20.2 Å². The van der Waals surface area contributed by atoms with E-state index in [-0.39, 0.29) is 0 Å². The van der Waals surface area contributed by atoms with Crippen LogP contribution in [-0.4, -0.2) is 20.2 Å². The lowest BCUT2D eigenvalue weighted by Crippen LogP contribution is -2.28. The number of hydrazine groups is 1. The molecule has 1 saturated heterocycles. The van der Waals surface area contributed by atoms with Crippen LogP contribution in [0.3, 0.4) is 0 Å². The van der Waals surface area contributed by atoms with Gasteiger partial charge in [-0.25, -0.2) is 5.43 Å². The molecule has 0 aliphatic carbocycles.